The molecular weight excluding hydrogens is 455 g/mol. The molecule has 0 saturated heterocycles. The molecule has 1 aliphatic rings. The molecule has 33 heavy (non-hydrogen) atoms. The molecule has 8 heteroatoms. The first-order valence-corrected chi connectivity index (χ1v) is 10.5. The lowest BCUT2D eigenvalue weighted by atomic mass is 10.0. The van der Waals surface area contributed by atoms with E-state index in [1.807, 2.05) is 19.1 Å². The Bertz CT molecular complexity index is 1220. The number of benzene rings is 3. The molecule has 4 nitrogen and oxygen atoms in total. The van der Waals surface area contributed by atoms with Crippen LogP contribution < -0.4 is 14.8 Å². The summed E-state index contributed by atoms with van der Waals surface area (Å²) in [6.07, 6.45) is -2.87. The highest BCUT2D eigenvalue weighted by Crippen LogP contribution is 2.39. The number of hydrogen-bond acceptors (Lipinski definition) is 3. The second kappa shape index (κ2) is 9.19. The Morgan fingerprint density at radius 1 is 0.970 bits per heavy atom. The van der Waals surface area contributed by atoms with Crippen molar-refractivity contribution in [3.05, 3.63) is 87.9 Å². The number of hydrogen-bond donors (Lipinski definition) is 1. The molecule has 0 fully saturated rings. The van der Waals surface area contributed by atoms with Gasteiger partial charge >= 0.3 is 6.18 Å². The lowest BCUT2D eigenvalue weighted by Gasteiger charge is -2.13. The van der Waals surface area contributed by atoms with Crippen LogP contribution >= 0.6 is 11.6 Å². The summed E-state index contributed by atoms with van der Waals surface area (Å²) >= 11 is 5.91. The Kier molecular flexibility index (Phi) is 6.33. The third-order valence-corrected chi connectivity index (χ3v) is 5.27. The molecule has 1 N–H and O–H groups in total. The van der Waals surface area contributed by atoms with Crippen LogP contribution in [0.4, 0.5) is 18.9 Å². The van der Waals surface area contributed by atoms with Gasteiger partial charge in [-0.3, -0.25) is 4.79 Å². The van der Waals surface area contributed by atoms with Crippen molar-refractivity contribution in [3.8, 4) is 11.5 Å². The third-order valence-electron chi connectivity index (χ3n) is 5.02. The number of rotatable bonds is 6. The summed E-state index contributed by atoms with van der Waals surface area (Å²) in [6, 6.07) is 15.7. The minimum absolute atomic E-state index is 0.133. The number of fused-ring (bicyclic) bond motifs is 1. The first kappa shape index (κ1) is 22.7. The van der Waals surface area contributed by atoms with Crippen LogP contribution in [0.1, 0.15) is 29.2 Å². The second-order valence-electron chi connectivity index (χ2n) is 7.32. The number of amides is 1. The van der Waals surface area contributed by atoms with Crippen molar-refractivity contribution in [2.75, 3.05) is 11.9 Å². The lowest BCUT2D eigenvalue weighted by molar-refractivity contribution is -0.137. The number of halogens is 4. The van der Waals surface area contributed by atoms with Crippen LogP contribution in [-0.4, -0.2) is 12.5 Å². The molecule has 1 aliphatic heterocycles. The van der Waals surface area contributed by atoms with Gasteiger partial charge in [0.05, 0.1) is 12.2 Å². The SMILES string of the molecule is CCOc1cc(/C=C2/C(=O)Nc3cc(C(F)(F)F)ccc32)ccc1OCc1ccc(Cl)cc1. The van der Waals surface area contributed by atoms with Gasteiger partial charge in [-0.25, -0.2) is 0 Å². The molecule has 3 aromatic carbocycles. The van der Waals surface area contributed by atoms with E-state index >= 15 is 0 Å². The van der Waals surface area contributed by atoms with Gasteiger partial charge in [-0.2, -0.15) is 13.2 Å². The van der Waals surface area contributed by atoms with Gasteiger partial charge in [-0.05, 0) is 60.5 Å². The van der Waals surface area contributed by atoms with Gasteiger partial charge in [0, 0.05) is 21.8 Å². The van der Waals surface area contributed by atoms with Gasteiger partial charge in [0.15, 0.2) is 11.5 Å². The molecule has 0 saturated carbocycles. The molecule has 3 aromatic rings. The topological polar surface area (TPSA) is 47.6 Å². The summed E-state index contributed by atoms with van der Waals surface area (Å²) in [7, 11) is 0. The zero-order valence-corrected chi connectivity index (χ0v) is 18.3. The minimum atomic E-state index is -4.49. The maximum Gasteiger partial charge on any atom is 0.416 e. The molecule has 1 amide bonds. The predicted molar refractivity (Wildman–Crippen MR) is 121 cm³/mol. The highest BCUT2D eigenvalue weighted by Gasteiger charge is 2.33. The van der Waals surface area contributed by atoms with Crippen molar-refractivity contribution < 1.29 is 27.4 Å². The minimum Gasteiger partial charge on any atom is -0.490 e. The van der Waals surface area contributed by atoms with Crippen molar-refractivity contribution in [1.82, 2.24) is 0 Å². The molecule has 0 unspecified atom stereocenters. The Labute approximate surface area is 193 Å². The van der Waals surface area contributed by atoms with Gasteiger partial charge in [0.1, 0.15) is 6.61 Å². The van der Waals surface area contributed by atoms with Gasteiger partial charge in [-0.15, -0.1) is 0 Å². The number of nitrogens with one attached hydrogen (secondary N) is 1. The highest BCUT2D eigenvalue weighted by molar-refractivity contribution is 6.35. The molecule has 0 aromatic heterocycles. The average molecular weight is 474 g/mol. The average Bonchev–Trinajstić information content (AvgIpc) is 3.08. The second-order valence-corrected chi connectivity index (χ2v) is 7.76. The number of ether oxygens (including phenoxy) is 2. The number of alkyl halides is 3. The molecular formula is C25H19ClF3NO3. The summed E-state index contributed by atoms with van der Waals surface area (Å²) in [5.74, 6) is 0.553. The molecule has 1 heterocycles. The first-order valence-electron chi connectivity index (χ1n) is 10.1. The fraction of sp³-hybridized carbons (Fsp3) is 0.160. The molecule has 0 bridgehead atoms. The van der Waals surface area contributed by atoms with Crippen LogP contribution in [0.2, 0.25) is 5.02 Å². The Morgan fingerprint density at radius 3 is 2.42 bits per heavy atom. The maximum absolute atomic E-state index is 13.0. The molecule has 0 aliphatic carbocycles. The number of carbonyl (C=O) groups is 1. The summed E-state index contributed by atoms with van der Waals surface area (Å²) in [5, 5.41) is 3.14. The monoisotopic (exact) mass is 473 g/mol. The summed E-state index contributed by atoms with van der Waals surface area (Å²) in [6.45, 7) is 2.56. The molecule has 0 atom stereocenters. The Hall–Kier alpha value is -3.45. The Morgan fingerprint density at radius 2 is 1.73 bits per heavy atom. The molecule has 4 rings (SSSR count). The summed E-state index contributed by atoms with van der Waals surface area (Å²) < 4.78 is 50.5. The molecule has 0 spiro atoms. The highest BCUT2D eigenvalue weighted by atomic mass is 35.5. The van der Waals surface area contributed by atoms with Crippen molar-refractivity contribution in [1.29, 1.82) is 0 Å². The normalized spacial score (nSPS) is 14.2. The standard InChI is InChI=1S/C25H19ClF3NO3/c1-2-32-23-12-16(5-10-22(23)33-14-15-3-7-18(26)8-4-15)11-20-19-9-6-17(25(27,28)29)13-21(19)30-24(20)31/h3-13H,2,14H2,1H3,(H,30,31)/b20-11+. The third kappa shape index (κ3) is 5.14. The fourth-order valence-corrected chi connectivity index (χ4v) is 3.55. The van der Waals surface area contributed by atoms with Crippen LogP contribution in [0.3, 0.4) is 0 Å². The zero-order valence-electron chi connectivity index (χ0n) is 17.5. The van der Waals surface area contributed by atoms with Crippen LogP contribution in [-0.2, 0) is 17.6 Å². The van der Waals surface area contributed by atoms with Gasteiger partial charge in [0.2, 0.25) is 0 Å². The smallest absolute Gasteiger partial charge is 0.416 e. The van der Waals surface area contributed by atoms with E-state index in [9.17, 15) is 18.0 Å². The summed E-state index contributed by atoms with van der Waals surface area (Å²) in [5.41, 5.74) is 1.59. The van der Waals surface area contributed by atoms with E-state index in [1.54, 1.807) is 36.4 Å². The zero-order chi connectivity index (χ0) is 23.6. The van der Waals surface area contributed by atoms with Crippen LogP contribution in [0.5, 0.6) is 11.5 Å². The molecule has 170 valence electrons. The van der Waals surface area contributed by atoms with Crippen molar-refractivity contribution in [2.24, 2.45) is 0 Å². The predicted octanol–water partition coefficient (Wildman–Crippen LogP) is 6.83. The van der Waals surface area contributed by atoms with E-state index in [-0.39, 0.29) is 11.3 Å². The van der Waals surface area contributed by atoms with Crippen LogP contribution in [0.15, 0.2) is 60.7 Å². The van der Waals surface area contributed by atoms with Crippen LogP contribution in [0.25, 0.3) is 11.6 Å². The van der Waals surface area contributed by atoms with E-state index in [2.05, 4.69) is 5.32 Å². The van der Waals surface area contributed by atoms with Gasteiger partial charge in [-0.1, -0.05) is 35.9 Å². The van der Waals surface area contributed by atoms with E-state index < -0.39 is 17.6 Å². The van der Waals surface area contributed by atoms with E-state index in [0.717, 1.165) is 17.7 Å². The lowest BCUT2D eigenvalue weighted by Crippen LogP contribution is -2.06. The molecule has 0 radical (unpaired) electrons. The van der Waals surface area contributed by atoms with Crippen molar-refractivity contribution in [2.45, 2.75) is 19.7 Å². The van der Waals surface area contributed by atoms with Gasteiger partial charge in [0.25, 0.3) is 5.91 Å². The van der Waals surface area contributed by atoms with E-state index in [1.165, 1.54) is 6.07 Å². The largest absolute Gasteiger partial charge is 0.490 e. The van der Waals surface area contributed by atoms with E-state index in [4.69, 9.17) is 21.1 Å². The quantitative estimate of drug-likeness (QED) is 0.399. The summed E-state index contributed by atoms with van der Waals surface area (Å²) in [4.78, 5) is 12.4. The van der Waals surface area contributed by atoms with Crippen molar-refractivity contribution in [3.63, 3.8) is 0 Å². The first-order chi connectivity index (χ1) is 15.7. The van der Waals surface area contributed by atoms with E-state index in [0.29, 0.717) is 40.9 Å². The van der Waals surface area contributed by atoms with Crippen molar-refractivity contribution >= 4 is 34.8 Å². The maximum atomic E-state index is 13.0. The fourth-order valence-electron chi connectivity index (χ4n) is 3.42. The number of carbonyl (C=O) groups excluding carboxylic acids is 1. The van der Waals surface area contributed by atoms with Gasteiger partial charge < -0.3 is 14.8 Å². The van der Waals surface area contributed by atoms with Crippen LogP contribution in [0, 0.1) is 0 Å². The Balaban J connectivity index is 1.60. The number of anilines is 1.